The minimum atomic E-state index is -0.0192. The number of methoxy groups -OCH3 is 1. The first-order valence-electron chi connectivity index (χ1n) is 12.6. The molecule has 1 aliphatic heterocycles. The van der Waals surface area contributed by atoms with Crippen LogP contribution in [0.25, 0.3) is 0 Å². The van der Waals surface area contributed by atoms with E-state index in [0.717, 1.165) is 49.1 Å². The SMILES string of the molecule is COc1ccc(N2CCN(c3nc4c(c(Nc5ccccc5)n3)C(=O)CC(c3ccco3)C4)CC2)cc1. The van der Waals surface area contributed by atoms with Crippen molar-refractivity contribution in [2.45, 2.75) is 18.8 Å². The van der Waals surface area contributed by atoms with E-state index in [0.29, 0.717) is 30.2 Å². The van der Waals surface area contributed by atoms with E-state index >= 15 is 0 Å². The number of nitrogens with zero attached hydrogens (tertiary/aromatic N) is 4. The van der Waals surface area contributed by atoms with Crippen molar-refractivity contribution in [2.24, 2.45) is 0 Å². The lowest BCUT2D eigenvalue weighted by atomic mass is 9.84. The molecule has 1 fully saturated rings. The molecule has 3 heterocycles. The van der Waals surface area contributed by atoms with E-state index in [-0.39, 0.29) is 11.7 Å². The number of aromatic nitrogens is 2. The van der Waals surface area contributed by atoms with Crippen LogP contribution in [0, 0.1) is 0 Å². The number of nitrogens with one attached hydrogen (secondary N) is 1. The van der Waals surface area contributed by atoms with Gasteiger partial charge in [-0.25, -0.2) is 4.98 Å². The van der Waals surface area contributed by atoms with E-state index in [4.69, 9.17) is 19.1 Å². The van der Waals surface area contributed by atoms with Crippen LogP contribution in [0.15, 0.2) is 77.4 Å². The van der Waals surface area contributed by atoms with Gasteiger partial charge in [0.1, 0.15) is 17.3 Å². The predicted molar refractivity (Wildman–Crippen MR) is 143 cm³/mol. The second kappa shape index (κ2) is 9.97. The van der Waals surface area contributed by atoms with Gasteiger partial charge in [-0.1, -0.05) is 18.2 Å². The Bertz CT molecular complexity index is 1360. The lowest BCUT2D eigenvalue weighted by Crippen LogP contribution is -2.47. The van der Waals surface area contributed by atoms with Crippen LogP contribution >= 0.6 is 0 Å². The highest BCUT2D eigenvalue weighted by Gasteiger charge is 2.33. The number of rotatable bonds is 6. The normalized spacial score (nSPS) is 17.4. The summed E-state index contributed by atoms with van der Waals surface area (Å²) in [5.41, 5.74) is 3.43. The molecule has 8 nitrogen and oxygen atoms in total. The van der Waals surface area contributed by atoms with Crippen LogP contribution in [0.2, 0.25) is 0 Å². The van der Waals surface area contributed by atoms with Gasteiger partial charge in [0.05, 0.1) is 24.6 Å². The Morgan fingerprint density at radius 2 is 1.65 bits per heavy atom. The van der Waals surface area contributed by atoms with Gasteiger partial charge in [0.15, 0.2) is 5.78 Å². The average molecular weight is 496 g/mol. The molecule has 1 atom stereocenters. The Morgan fingerprint density at radius 1 is 0.892 bits per heavy atom. The second-order valence-corrected chi connectivity index (χ2v) is 9.40. The van der Waals surface area contributed by atoms with Crippen molar-refractivity contribution in [3.05, 3.63) is 90.0 Å². The van der Waals surface area contributed by atoms with Crippen molar-refractivity contribution in [1.82, 2.24) is 9.97 Å². The Morgan fingerprint density at radius 3 is 2.35 bits per heavy atom. The van der Waals surface area contributed by atoms with Crippen LogP contribution in [-0.4, -0.2) is 49.0 Å². The third-order valence-corrected chi connectivity index (χ3v) is 7.10. The van der Waals surface area contributed by atoms with E-state index in [1.54, 1.807) is 13.4 Å². The summed E-state index contributed by atoms with van der Waals surface area (Å²) in [7, 11) is 1.68. The Hall–Kier alpha value is -4.33. The number of benzene rings is 2. The van der Waals surface area contributed by atoms with Gasteiger partial charge >= 0.3 is 0 Å². The van der Waals surface area contributed by atoms with Gasteiger partial charge < -0.3 is 24.3 Å². The summed E-state index contributed by atoms with van der Waals surface area (Å²) in [6, 6.07) is 21.8. The fourth-order valence-corrected chi connectivity index (χ4v) is 5.14. The van der Waals surface area contributed by atoms with Gasteiger partial charge in [0.25, 0.3) is 0 Å². The minimum absolute atomic E-state index is 0.0192. The highest BCUT2D eigenvalue weighted by atomic mass is 16.5. The molecule has 4 aromatic rings. The molecule has 0 spiro atoms. The summed E-state index contributed by atoms with van der Waals surface area (Å²) in [4.78, 5) is 27.7. The molecule has 1 aliphatic carbocycles. The van der Waals surface area contributed by atoms with E-state index in [1.807, 2.05) is 54.6 Å². The molecule has 1 saturated heterocycles. The number of fused-ring (bicyclic) bond motifs is 1. The smallest absolute Gasteiger partial charge is 0.227 e. The number of carbonyl (C=O) groups is 1. The highest BCUT2D eigenvalue weighted by Crippen LogP contribution is 2.36. The molecule has 1 unspecified atom stereocenters. The first kappa shape index (κ1) is 23.1. The maximum atomic E-state index is 13.3. The zero-order valence-electron chi connectivity index (χ0n) is 20.8. The number of furan rings is 1. The van der Waals surface area contributed by atoms with Crippen molar-refractivity contribution in [1.29, 1.82) is 0 Å². The number of ether oxygens (including phenoxy) is 1. The largest absolute Gasteiger partial charge is 0.497 e. The molecule has 2 aromatic carbocycles. The second-order valence-electron chi connectivity index (χ2n) is 9.40. The number of piperazine rings is 1. The van der Waals surface area contributed by atoms with Crippen molar-refractivity contribution in [3.63, 3.8) is 0 Å². The van der Waals surface area contributed by atoms with Crippen LogP contribution in [0.5, 0.6) is 5.75 Å². The summed E-state index contributed by atoms with van der Waals surface area (Å²) in [6.45, 7) is 3.26. The predicted octanol–water partition coefficient (Wildman–Crippen LogP) is 5.06. The fraction of sp³-hybridized carbons (Fsp3) is 0.276. The first-order chi connectivity index (χ1) is 18.2. The Kier molecular flexibility index (Phi) is 6.22. The van der Waals surface area contributed by atoms with E-state index in [2.05, 4.69) is 27.2 Å². The van der Waals surface area contributed by atoms with Gasteiger partial charge in [0.2, 0.25) is 5.95 Å². The molecule has 37 heavy (non-hydrogen) atoms. The van der Waals surface area contributed by atoms with E-state index in [1.165, 1.54) is 5.69 Å². The minimum Gasteiger partial charge on any atom is -0.497 e. The van der Waals surface area contributed by atoms with E-state index < -0.39 is 0 Å². The standard InChI is InChI=1S/C29H29N5O3/c1-36-23-11-9-22(10-12-23)33-13-15-34(16-14-33)29-31-24-18-20(26-8-5-17-37-26)19-25(35)27(24)28(32-29)30-21-6-3-2-4-7-21/h2-12,17,20H,13-16,18-19H2,1H3,(H,30,31,32). The maximum Gasteiger partial charge on any atom is 0.227 e. The zero-order valence-corrected chi connectivity index (χ0v) is 20.8. The molecule has 0 amide bonds. The lowest BCUT2D eigenvalue weighted by Gasteiger charge is -2.36. The molecule has 2 aliphatic rings. The molecule has 0 radical (unpaired) electrons. The Labute approximate surface area is 215 Å². The number of anilines is 4. The molecule has 0 bridgehead atoms. The molecular formula is C29H29N5O3. The van der Waals surface area contributed by atoms with Crippen molar-refractivity contribution in [2.75, 3.05) is 48.4 Å². The number of carbonyl (C=O) groups excluding carboxylic acids is 1. The van der Waals surface area contributed by atoms with Gasteiger partial charge in [-0.15, -0.1) is 0 Å². The summed E-state index contributed by atoms with van der Waals surface area (Å²) < 4.78 is 10.9. The van der Waals surface area contributed by atoms with Gasteiger partial charge in [-0.2, -0.15) is 4.98 Å². The Balaban J connectivity index is 1.28. The van der Waals surface area contributed by atoms with Crippen molar-refractivity contribution < 1.29 is 13.9 Å². The first-order valence-corrected chi connectivity index (χ1v) is 12.6. The van der Waals surface area contributed by atoms with Crippen LogP contribution in [0.1, 0.15) is 34.2 Å². The van der Waals surface area contributed by atoms with Crippen LogP contribution in [-0.2, 0) is 6.42 Å². The number of hydrogen-bond donors (Lipinski definition) is 1. The monoisotopic (exact) mass is 495 g/mol. The summed E-state index contributed by atoms with van der Waals surface area (Å²) in [6.07, 6.45) is 2.68. The summed E-state index contributed by atoms with van der Waals surface area (Å²) >= 11 is 0. The third kappa shape index (κ3) is 4.74. The number of para-hydroxylation sites is 1. The summed E-state index contributed by atoms with van der Waals surface area (Å²) in [5, 5.41) is 3.39. The number of Topliss-reactive ketones (excluding diaryl/α,β-unsaturated/α-hetero) is 1. The molecule has 6 rings (SSSR count). The molecule has 1 N–H and O–H groups in total. The van der Waals surface area contributed by atoms with Crippen LogP contribution in [0.3, 0.4) is 0 Å². The number of hydrogen-bond acceptors (Lipinski definition) is 8. The van der Waals surface area contributed by atoms with Gasteiger partial charge in [0, 0.05) is 56.3 Å². The van der Waals surface area contributed by atoms with Crippen molar-refractivity contribution >= 4 is 28.9 Å². The summed E-state index contributed by atoms with van der Waals surface area (Å²) in [5.74, 6) is 2.92. The average Bonchev–Trinajstić information content (AvgIpc) is 3.49. The highest BCUT2D eigenvalue weighted by molar-refractivity contribution is 6.03. The fourth-order valence-electron chi connectivity index (χ4n) is 5.14. The topological polar surface area (TPSA) is 83.7 Å². The molecular weight excluding hydrogens is 466 g/mol. The number of ketones is 1. The third-order valence-electron chi connectivity index (χ3n) is 7.10. The molecule has 8 heteroatoms. The maximum absolute atomic E-state index is 13.3. The molecule has 188 valence electrons. The van der Waals surface area contributed by atoms with E-state index in [9.17, 15) is 4.79 Å². The van der Waals surface area contributed by atoms with Crippen LogP contribution < -0.4 is 19.9 Å². The molecule has 0 saturated carbocycles. The lowest BCUT2D eigenvalue weighted by molar-refractivity contribution is 0.0959. The van der Waals surface area contributed by atoms with Crippen LogP contribution in [0.4, 0.5) is 23.1 Å². The molecule has 2 aromatic heterocycles. The van der Waals surface area contributed by atoms with Gasteiger partial charge in [-0.3, -0.25) is 4.79 Å². The zero-order chi connectivity index (χ0) is 25.2. The van der Waals surface area contributed by atoms with Crippen molar-refractivity contribution in [3.8, 4) is 5.75 Å². The quantitative estimate of drug-likeness (QED) is 0.397. The van der Waals surface area contributed by atoms with Gasteiger partial charge in [-0.05, 0) is 48.5 Å².